The van der Waals surface area contributed by atoms with Crippen LogP contribution < -0.4 is 36.0 Å². The van der Waals surface area contributed by atoms with E-state index in [2.05, 4.69) is 176 Å². The zero-order chi connectivity index (χ0) is 35.6. The maximum atomic E-state index is 6.23. The number of benzene rings is 5. The molecule has 6 aromatic rings. The van der Waals surface area contributed by atoms with Gasteiger partial charge in [0.1, 0.15) is 11.5 Å². The number of hydrogen-bond donors (Lipinski definition) is 0. The highest BCUT2D eigenvalue weighted by Gasteiger charge is 2.40. The fourth-order valence-electron chi connectivity index (χ4n) is 6.61. The van der Waals surface area contributed by atoms with Gasteiger partial charge in [-0.05, 0) is 52.7 Å². The molecule has 0 radical (unpaired) electrons. The number of hydrogen-bond acceptors (Lipinski definition) is 3. The van der Waals surface area contributed by atoms with Crippen molar-refractivity contribution in [1.82, 2.24) is 9.55 Å². The van der Waals surface area contributed by atoms with E-state index in [0.717, 1.165) is 43.7 Å². The first-order valence-corrected chi connectivity index (χ1v) is 20.9. The molecule has 0 aliphatic rings. The van der Waals surface area contributed by atoms with Crippen LogP contribution in [0.15, 0.2) is 158 Å². The van der Waals surface area contributed by atoms with Gasteiger partial charge in [0.25, 0.3) is 0 Å². The highest BCUT2D eigenvalue weighted by Crippen LogP contribution is 2.18. The molecule has 0 fully saturated rings. The molecule has 0 bridgehead atoms. The molecule has 51 heavy (non-hydrogen) atoms. The summed E-state index contributed by atoms with van der Waals surface area (Å²) in [6, 6.07) is 49.8. The third-order valence-corrected chi connectivity index (χ3v) is 14.3. The molecule has 262 valence electrons. The zero-order valence-electron chi connectivity index (χ0n) is 30.7. The molecular formula is C45H53BN2O2Si. The first-order valence-electron chi connectivity index (χ1n) is 18.7. The van der Waals surface area contributed by atoms with E-state index in [1.54, 1.807) is 0 Å². The summed E-state index contributed by atoms with van der Waals surface area (Å²) in [6.07, 6.45) is 13.6. The molecule has 4 nitrogen and oxygen atoms in total. The molecule has 0 aliphatic carbocycles. The Hall–Kier alpha value is -4.81. The molecule has 0 unspecified atom stereocenters. The van der Waals surface area contributed by atoms with Gasteiger partial charge < -0.3 is 14.0 Å². The SMILES string of the molecule is CB(c1ccccc1)c1ccccc1.CCCCCOc1cccc([Si](Cn2ccnc2)(c2ccccc2)c2cccc(OCCCCC)c2)c1. The standard InChI is InChI=1S/C32H40N2O2Si.C13H13B/c1-3-5-10-22-35-28-14-12-18-31(24-28)37(27-34-21-20-33-26-34,30-16-8-7-9-17-30)32-19-13-15-29(25-32)36-23-11-6-4-2;1-14(12-8-4-2-5-9-12)13-10-6-3-7-11-13/h7-9,12-21,24-26H,3-6,10-11,22-23,27H2,1-2H3;2-11H,1H3. The molecule has 0 atom stereocenters. The topological polar surface area (TPSA) is 36.3 Å². The van der Waals surface area contributed by atoms with E-state index >= 15 is 0 Å². The van der Waals surface area contributed by atoms with Crippen molar-refractivity contribution < 1.29 is 9.47 Å². The highest BCUT2D eigenvalue weighted by atomic mass is 28.3. The number of rotatable bonds is 17. The van der Waals surface area contributed by atoms with Crippen LogP contribution in [0.5, 0.6) is 11.5 Å². The van der Waals surface area contributed by atoms with Crippen LogP contribution in [-0.2, 0) is 6.17 Å². The molecule has 1 heterocycles. The van der Waals surface area contributed by atoms with E-state index in [4.69, 9.17) is 9.47 Å². The van der Waals surface area contributed by atoms with Gasteiger partial charge >= 0.3 is 0 Å². The Labute approximate surface area is 307 Å². The van der Waals surface area contributed by atoms with Gasteiger partial charge in [0.2, 0.25) is 6.71 Å². The Kier molecular flexibility index (Phi) is 14.8. The van der Waals surface area contributed by atoms with Crippen LogP contribution in [-0.4, -0.2) is 37.6 Å². The minimum atomic E-state index is -2.54. The van der Waals surface area contributed by atoms with E-state index in [1.165, 1.54) is 52.2 Å². The lowest BCUT2D eigenvalue weighted by Gasteiger charge is -2.34. The fourth-order valence-corrected chi connectivity index (χ4v) is 11.2. The molecule has 6 heteroatoms. The van der Waals surface area contributed by atoms with Gasteiger partial charge in [-0.15, -0.1) is 0 Å². The smallest absolute Gasteiger partial charge is 0.206 e. The van der Waals surface area contributed by atoms with Crippen LogP contribution in [0.4, 0.5) is 0 Å². The second-order valence-corrected chi connectivity index (χ2v) is 17.1. The van der Waals surface area contributed by atoms with Crippen molar-refractivity contribution in [3.8, 4) is 11.5 Å². The number of nitrogens with zero attached hydrogens (tertiary/aromatic N) is 2. The predicted octanol–water partition coefficient (Wildman–Crippen LogP) is 7.66. The van der Waals surface area contributed by atoms with Crippen molar-refractivity contribution in [2.24, 2.45) is 0 Å². The van der Waals surface area contributed by atoms with Crippen molar-refractivity contribution >= 4 is 41.3 Å². The maximum Gasteiger partial charge on any atom is 0.206 e. The summed E-state index contributed by atoms with van der Waals surface area (Å²) in [5.74, 6) is 1.89. The Balaban J connectivity index is 0.000000299. The van der Waals surface area contributed by atoms with Crippen molar-refractivity contribution in [3.05, 3.63) is 158 Å². The number of ether oxygens (including phenoxy) is 2. The Morgan fingerprint density at radius 3 is 1.49 bits per heavy atom. The Bertz CT molecular complexity index is 1720. The predicted molar refractivity (Wildman–Crippen MR) is 220 cm³/mol. The highest BCUT2D eigenvalue weighted by molar-refractivity contribution is 7.10. The quantitative estimate of drug-likeness (QED) is 0.0560. The summed E-state index contributed by atoms with van der Waals surface area (Å²) >= 11 is 0. The maximum absolute atomic E-state index is 6.23. The zero-order valence-corrected chi connectivity index (χ0v) is 31.7. The molecule has 0 saturated heterocycles. The molecule has 0 aliphatic heterocycles. The summed E-state index contributed by atoms with van der Waals surface area (Å²) < 4.78 is 14.7. The van der Waals surface area contributed by atoms with Crippen molar-refractivity contribution in [1.29, 1.82) is 0 Å². The normalized spacial score (nSPS) is 11.0. The summed E-state index contributed by atoms with van der Waals surface area (Å²) in [5.41, 5.74) is 2.75. The second kappa shape index (κ2) is 20.1. The van der Waals surface area contributed by atoms with Gasteiger partial charge in [0, 0.05) is 18.6 Å². The van der Waals surface area contributed by atoms with Gasteiger partial charge in [0.15, 0.2) is 8.07 Å². The lowest BCUT2D eigenvalue weighted by Crippen LogP contribution is -2.69. The summed E-state index contributed by atoms with van der Waals surface area (Å²) in [6.45, 7) is 8.66. The minimum Gasteiger partial charge on any atom is -0.494 e. The van der Waals surface area contributed by atoms with Gasteiger partial charge in [-0.3, -0.25) is 0 Å². The number of imidazole rings is 1. The largest absolute Gasteiger partial charge is 0.494 e. The first kappa shape index (κ1) is 37.4. The number of unbranched alkanes of at least 4 members (excludes halogenated alkanes) is 4. The van der Waals surface area contributed by atoms with E-state index < -0.39 is 8.07 Å². The average molecular weight is 693 g/mol. The van der Waals surface area contributed by atoms with Gasteiger partial charge in [-0.1, -0.05) is 173 Å². The first-order chi connectivity index (χ1) is 25.1. The van der Waals surface area contributed by atoms with E-state index in [9.17, 15) is 0 Å². The Morgan fingerprint density at radius 2 is 1.04 bits per heavy atom. The van der Waals surface area contributed by atoms with Gasteiger partial charge in [0.05, 0.1) is 19.5 Å². The average Bonchev–Trinajstić information content (AvgIpc) is 3.72. The summed E-state index contributed by atoms with van der Waals surface area (Å²) in [4.78, 5) is 4.37. The van der Waals surface area contributed by atoms with Crippen LogP contribution >= 0.6 is 0 Å². The second-order valence-electron chi connectivity index (χ2n) is 13.2. The lowest BCUT2D eigenvalue weighted by molar-refractivity contribution is 0.306. The molecular weight excluding hydrogens is 639 g/mol. The van der Waals surface area contributed by atoms with Crippen LogP contribution in [0.25, 0.3) is 0 Å². The van der Waals surface area contributed by atoms with Crippen LogP contribution in [0.2, 0.25) is 6.82 Å². The van der Waals surface area contributed by atoms with Crippen molar-refractivity contribution in [2.45, 2.75) is 65.4 Å². The molecule has 5 aromatic carbocycles. The molecule has 0 N–H and O–H groups in total. The van der Waals surface area contributed by atoms with E-state index in [0.29, 0.717) is 6.71 Å². The summed E-state index contributed by atoms with van der Waals surface area (Å²) in [5, 5.41) is 4.00. The number of aromatic nitrogens is 2. The lowest BCUT2D eigenvalue weighted by atomic mass is 9.43. The molecule has 0 saturated carbocycles. The molecule has 0 amide bonds. The fraction of sp³-hybridized carbons (Fsp3) is 0.267. The molecule has 6 rings (SSSR count). The molecule has 0 spiro atoms. The third kappa shape index (κ3) is 10.6. The van der Waals surface area contributed by atoms with Gasteiger partial charge in [-0.25, -0.2) is 4.98 Å². The van der Waals surface area contributed by atoms with E-state index in [1.807, 2.05) is 12.5 Å². The minimum absolute atomic E-state index is 0.484. The van der Waals surface area contributed by atoms with Crippen LogP contribution in [0.1, 0.15) is 52.4 Å². The van der Waals surface area contributed by atoms with Crippen LogP contribution in [0, 0.1) is 0 Å². The Morgan fingerprint density at radius 1 is 0.569 bits per heavy atom. The van der Waals surface area contributed by atoms with Crippen molar-refractivity contribution in [3.63, 3.8) is 0 Å². The van der Waals surface area contributed by atoms with Crippen molar-refractivity contribution in [2.75, 3.05) is 13.2 Å². The third-order valence-electron chi connectivity index (χ3n) is 9.53. The van der Waals surface area contributed by atoms with Crippen LogP contribution in [0.3, 0.4) is 0 Å². The summed E-state index contributed by atoms with van der Waals surface area (Å²) in [7, 11) is -2.54. The monoisotopic (exact) mass is 692 g/mol. The van der Waals surface area contributed by atoms with E-state index in [-0.39, 0.29) is 0 Å². The van der Waals surface area contributed by atoms with Gasteiger partial charge in [-0.2, -0.15) is 0 Å². The molecule has 1 aromatic heterocycles.